The smallest absolute Gasteiger partial charge is 0.303 e. The molecule has 20 heavy (non-hydrogen) atoms. The van der Waals surface area contributed by atoms with Crippen molar-refractivity contribution < 1.29 is 14.7 Å². The van der Waals surface area contributed by atoms with Crippen molar-refractivity contribution in [3.63, 3.8) is 0 Å². The Morgan fingerprint density at radius 3 is 2.60 bits per heavy atom. The van der Waals surface area contributed by atoms with E-state index in [9.17, 15) is 9.59 Å². The standard InChI is InChI=1S/C15H20N2O3/c1-11(2-9-15(19)20)10-17-14(18)8-5-12-3-6-13(16)7-4-12/h3-8,11H,2,9-10,16H2,1H3,(H,17,18)(H,19,20)/b8-5+. The maximum atomic E-state index is 11.6. The van der Waals surface area contributed by atoms with Crippen molar-refractivity contribution in [3.8, 4) is 0 Å². The van der Waals surface area contributed by atoms with Crippen LogP contribution >= 0.6 is 0 Å². The number of rotatable bonds is 7. The van der Waals surface area contributed by atoms with Gasteiger partial charge in [0, 0.05) is 24.7 Å². The number of benzene rings is 1. The number of hydrogen-bond acceptors (Lipinski definition) is 3. The maximum Gasteiger partial charge on any atom is 0.303 e. The summed E-state index contributed by atoms with van der Waals surface area (Å²) < 4.78 is 0. The van der Waals surface area contributed by atoms with Crippen molar-refractivity contribution >= 4 is 23.6 Å². The van der Waals surface area contributed by atoms with Gasteiger partial charge in [0.1, 0.15) is 0 Å². The molecule has 0 bridgehead atoms. The highest BCUT2D eigenvalue weighted by Crippen LogP contribution is 2.07. The summed E-state index contributed by atoms with van der Waals surface area (Å²) in [4.78, 5) is 22.0. The Balaban J connectivity index is 2.32. The normalized spacial score (nSPS) is 12.2. The molecule has 0 aromatic heterocycles. The van der Waals surface area contributed by atoms with Crippen molar-refractivity contribution in [2.45, 2.75) is 19.8 Å². The number of amides is 1. The van der Waals surface area contributed by atoms with E-state index in [0.717, 1.165) is 5.56 Å². The molecule has 1 amide bonds. The number of nitrogen functional groups attached to an aromatic ring is 1. The molecule has 0 radical (unpaired) electrons. The highest BCUT2D eigenvalue weighted by molar-refractivity contribution is 5.91. The summed E-state index contributed by atoms with van der Waals surface area (Å²) in [7, 11) is 0. The lowest BCUT2D eigenvalue weighted by molar-refractivity contribution is -0.137. The van der Waals surface area contributed by atoms with Crippen LogP contribution in [0.3, 0.4) is 0 Å². The van der Waals surface area contributed by atoms with Gasteiger partial charge in [-0.1, -0.05) is 19.1 Å². The minimum absolute atomic E-state index is 0.123. The monoisotopic (exact) mass is 276 g/mol. The Hall–Kier alpha value is -2.30. The molecule has 0 aliphatic heterocycles. The topological polar surface area (TPSA) is 92.4 Å². The zero-order valence-electron chi connectivity index (χ0n) is 11.5. The number of carbonyl (C=O) groups excluding carboxylic acids is 1. The predicted octanol–water partition coefficient (Wildman–Crippen LogP) is 1.90. The average Bonchev–Trinajstić information content (AvgIpc) is 2.42. The first-order chi connectivity index (χ1) is 9.47. The second-order valence-corrected chi connectivity index (χ2v) is 4.78. The quantitative estimate of drug-likeness (QED) is 0.524. The zero-order valence-corrected chi connectivity index (χ0v) is 11.5. The fourth-order valence-electron chi connectivity index (χ4n) is 1.58. The van der Waals surface area contributed by atoms with Gasteiger partial charge in [0.05, 0.1) is 0 Å². The van der Waals surface area contributed by atoms with Gasteiger partial charge in [-0.15, -0.1) is 0 Å². The Labute approximate surface area is 118 Å². The van der Waals surface area contributed by atoms with Gasteiger partial charge < -0.3 is 16.2 Å². The Morgan fingerprint density at radius 1 is 1.35 bits per heavy atom. The number of carbonyl (C=O) groups is 2. The van der Waals surface area contributed by atoms with E-state index in [4.69, 9.17) is 10.8 Å². The SMILES string of the molecule is CC(CCC(=O)O)CNC(=O)/C=C/c1ccc(N)cc1. The van der Waals surface area contributed by atoms with Crippen LogP contribution in [0.2, 0.25) is 0 Å². The Bertz CT molecular complexity index is 480. The summed E-state index contributed by atoms with van der Waals surface area (Å²) in [5, 5.41) is 11.3. The molecule has 5 nitrogen and oxygen atoms in total. The molecule has 1 atom stereocenters. The molecule has 0 heterocycles. The van der Waals surface area contributed by atoms with Gasteiger partial charge >= 0.3 is 5.97 Å². The number of hydrogen-bond donors (Lipinski definition) is 3. The van der Waals surface area contributed by atoms with Gasteiger partial charge in [-0.3, -0.25) is 9.59 Å². The molecule has 1 rings (SSSR count). The molecule has 1 aromatic rings. The first-order valence-corrected chi connectivity index (χ1v) is 6.50. The van der Waals surface area contributed by atoms with Crippen LogP contribution in [0.15, 0.2) is 30.3 Å². The van der Waals surface area contributed by atoms with E-state index in [1.54, 1.807) is 18.2 Å². The van der Waals surface area contributed by atoms with Crippen molar-refractivity contribution in [1.29, 1.82) is 0 Å². The zero-order chi connectivity index (χ0) is 15.0. The maximum absolute atomic E-state index is 11.6. The Kier molecular flexibility index (Phi) is 6.29. The molecule has 0 aliphatic rings. The highest BCUT2D eigenvalue weighted by Gasteiger charge is 2.06. The van der Waals surface area contributed by atoms with Crippen LogP contribution in [-0.4, -0.2) is 23.5 Å². The molecule has 5 heteroatoms. The van der Waals surface area contributed by atoms with Gasteiger partial charge in [0.2, 0.25) is 5.91 Å². The van der Waals surface area contributed by atoms with Crippen LogP contribution in [0.1, 0.15) is 25.3 Å². The van der Waals surface area contributed by atoms with E-state index in [-0.39, 0.29) is 18.2 Å². The average molecular weight is 276 g/mol. The predicted molar refractivity (Wildman–Crippen MR) is 78.9 cm³/mol. The van der Waals surface area contributed by atoms with E-state index in [1.807, 2.05) is 19.1 Å². The summed E-state index contributed by atoms with van der Waals surface area (Å²) in [5.74, 6) is -0.865. The number of anilines is 1. The molecule has 0 saturated carbocycles. The number of carboxylic acids is 1. The van der Waals surface area contributed by atoms with Crippen LogP contribution < -0.4 is 11.1 Å². The van der Waals surface area contributed by atoms with Gasteiger partial charge in [0.25, 0.3) is 0 Å². The largest absolute Gasteiger partial charge is 0.481 e. The van der Waals surface area contributed by atoms with Crippen LogP contribution in [0.25, 0.3) is 6.08 Å². The van der Waals surface area contributed by atoms with Crippen LogP contribution in [-0.2, 0) is 9.59 Å². The lowest BCUT2D eigenvalue weighted by Crippen LogP contribution is -2.26. The number of nitrogens with one attached hydrogen (secondary N) is 1. The minimum Gasteiger partial charge on any atom is -0.481 e. The second kappa shape index (κ2) is 7.99. The van der Waals surface area contributed by atoms with Crippen molar-refractivity contribution in [2.24, 2.45) is 5.92 Å². The lowest BCUT2D eigenvalue weighted by Gasteiger charge is -2.09. The van der Waals surface area contributed by atoms with Gasteiger partial charge in [-0.2, -0.15) is 0 Å². The van der Waals surface area contributed by atoms with Gasteiger partial charge in [-0.05, 0) is 36.1 Å². The Morgan fingerprint density at radius 2 is 2.00 bits per heavy atom. The number of carboxylic acid groups (broad SMARTS) is 1. The molecule has 108 valence electrons. The molecule has 0 spiro atoms. The summed E-state index contributed by atoms with van der Waals surface area (Å²) >= 11 is 0. The molecule has 1 unspecified atom stereocenters. The summed E-state index contributed by atoms with van der Waals surface area (Å²) in [6, 6.07) is 7.19. The number of aliphatic carboxylic acids is 1. The van der Waals surface area contributed by atoms with Crippen LogP contribution in [0.4, 0.5) is 5.69 Å². The minimum atomic E-state index is -0.813. The van der Waals surface area contributed by atoms with E-state index < -0.39 is 5.97 Å². The van der Waals surface area contributed by atoms with E-state index >= 15 is 0 Å². The lowest BCUT2D eigenvalue weighted by atomic mass is 10.1. The molecule has 1 aromatic carbocycles. The summed E-state index contributed by atoms with van der Waals surface area (Å²) in [5.41, 5.74) is 7.14. The first kappa shape index (κ1) is 15.8. The summed E-state index contributed by atoms with van der Waals surface area (Å²) in [6.45, 7) is 2.38. The molecule has 0 saturated heterocycles. The third kappa shape index (κ3) is 6.58. The van der Waals surface area contributed by atoms with Gasteiger partial charge in [-0.25, -0.2) is 0 Å². The number of nitrogens with two attached hydrogens (primary N) is 1. The molecule has 0 fully saturated rings. The fraction of sp³-hybridized carbons (Fsp3) is 0.333. The van der Waals surface area contributed by atoms with E-state index in [2.05, 4.69) is 5.32 Å². The third-order valence-corrected chi connectivity index (χ3v) is 2.84. The van der Waals surface area contributed by atoms with Crippen LogP contribution in [0, 0.1) is 5.92 Å². The van der Waals surface area contributed by atoms with Crippen molar-refractivity contribution in [2.75, 3.05) is 12.3 Å². The van der Waals surface area contributed by atoms with E-state index in [0.29, 0.717) is 18.7 Å². The molecule has 4 N–H and O–H groups in total. The van der Waals surface area contributed by atoms with Crippen LogP contribution in [0.5, 0.6) is 0 Å². The molecule has 0 aliphatic carbocycles. The highest BCUT2D eigenvalue weighted by atomic mass is 16.4. The fourth-order valence-corrected chi connectivity index (χ4v) is 1.58. The first-order valence-electron chi connectivity index (χ1n) is 6.50. The van der Waals surface area contributed by atoms with Crippen molar-refractivity contribution in [1.82, 2.24) is 5.32 Å². The second-order valence-electron chi connectivity index (χ2n) is 4.78. The molecular formula is C15H20N2O3. The van der Waals surface area contributed by atoms with Gasteiger partial charge in [0.15, 0.2) is 0 Å². The van der Waals surface area contributed by atoms with E-state index in [1.165, 1.54) is 6.08 Å². The van der Waals surface area contributed by atoms with Crippen molar-refractivity contribution in [3.05, 3.63) is 35.9 Å². The summed E-state index contributed by atoms with van der Waals surface area (Å²) in [6.07, 6.45) is 3.84. The molecular weight excluding hydrogens is 256 g/mol. The third-order valence-electron chi connectivity index (χ3n) is 2.84.